The Hall–Kier alpha value is -2.19. The highest BCUT2D eigenvalue weighted by Gasteiger charge is 2.22. The molecule has 0 radical (unpaired) electrons. The molecule has 1 aromatic carbocycles. The van der Waals surface area contributed by atoms with Gasteiger partial charge in [0.25, 0.3) is 0 Å². The third-order valence-electron chi connectivity index (χ3n) is 4.84. The Morgan fingerprint density at radius 3 is 2.74 bits per heavy atom. The van der Waals surface area contributed by atoms with Crippen LogP contribution in [0.1, 0.15) is 32.0 Å². The quantitative estimate of drug-likeness (QED) is 0.559. The first-order chi connectivity index (χ1) is 12.8. The summed E-state index contributed by atoms with van der Waals surface area (Å²) in [6, 6.07) is 4.89. The Labute approximate surface area is 159 Å². The fourth-order valence-corrected chi connectivity index (χ4v) is 4.18. The predicted molar refractivity (Wildman–Crippen MR) is 103 cm³/mol. The van der Waals surface area contributed by atoms with Crippen molar-refractivity contribution in [3.05, 3.63) is 36.2 Å². The summed E-state index contributed by atoms with van der Waals surface area (Å²) in [6.45, 7) is 2.70. The SMILES string of the molecule is CCn1c(COC(=O)C2CC=CCC2)nc2cc(S(=O)(=O)N(C)C)ccc21. The number of allylic oxidation sites excluding steroid dienone is 2. The molecule has 1 heterocycles. The van der Waals surface area contributed by atoms with Crippen molar-refractivity contribution in [2.24, 2.45) is 5.92 Å². The Morgan fingerprint density at radius 1 is 1.33 bits per heavy atom. The molecule has 1 aliphatic carbocycles. The van der Waals surface area contributed by atoms with Gasteiger partial charge in [0.1, 0.15) is 12.4 Å². The summed E-state index contributed by atoms with van der Waals surface area (Å²) in [4.78, 5) is 17.0. The van der Waals surface area contributed by atoms with Crippen LogP contribution in [-0.2, 0) is 32.7 Å². The van der Waals surface area contributed by atoms with E-state index in [1.807, 2.05) is 17.6 Å². The molecule has 8 heteroatoms. The molecular formula is C19H25N3O4S. The van der Waals surface area contributed by atoms with E-state index in [0.717, 1.165) is 24.8 Å². The lowest BCUT2D eigenvalue weighted by Crippen LogP contribution is -2.22. The first-order valence-corrected chi connectivity index (χ1v) is 10.5. The van der Waals surface area contributed by atoms with Crippen LogP contribution in [0.25, 0.3) is 11.0 Å². The Morgan fingerprint density at radius 2 is 2.11 bits per heavy atom. The molecule has 1 atom stereocenters. The number of ether oxygens (including phenoxy) is 1. The fraction of sp³-hybridized carbons (Fsp3) is 0.474. The summed E-state index contributed by atoms with van der Waals surface area (Å²) in [7, 11) is -0.536. The number of rotatable bonds is 6. The van der Waals surface area contributed by atoms with Crippen LogP contribution < -0.4 is 0 Å². The van der Waals surface area contributed by atoms with E-state index in [2.05, 4.69) is 11.1 Å². The van der Waals surface area contributed by atoms with E-state index in [9.17, 15) is 13.2 Å². The normalized spacial score (nSPS) is 17.6. The van der Waals surface area contributed by atoms with E-state index in [1.165, 1.54) is 18.4 Å². The van der Waals surface area contributed by atoms with Gasteiger partial charge >= 0.3 is 5.97 Å². The van der Waals surface area contributed by atoms with Gasteiger partial charge in [-0.05, 0) is 44.4 Å². The van der Waals surface area contributed by atoms with Gasteiger partial charge in [-0.25, -0.2) is 17.7 Å². The second kappa shape index (κ2) is 7.82. The number of nitrogens with zero attached hydrogens (tertiary/aromatic N) is 3. The van der Waals surface area contributed by atoms with Gasteiger partial charge < -0.3 is 9.30 Å². The molecule has 0 bridgehead atoms. The topological polar surface area (TPSA) is 81.5 Å². The zero-order valence-electron chi connectivity index (χ0n) is 15.9. The lowest BCUT2D eigenvalue weighted by molar-refractivity contribution is -0.150. The van der Waals surface area contributed by atoms with E-state index in [-0.39, 0.29) is 23.4 Å². The van der Waals surface area contributed by atoms with Gasteiger partial charge in [0, 0.05) is 20.6 Å². The maximum absolute atomic E-state index is 12.3. The van der Waals surface area contributed by atoms with Crippen LogP contribution in [-0.4, -0.2) is 42.3 Å². The molecule has 27 heavy (non-hydrogen) atoms. The van der Waals surface area contributed by atoms with Crippen LogP contribution >= 0.6 is 0 Å². The van der Waals surface area contributed by atoms with Crippen molar-refractivity contribution >= 4 is 27.0 Å². The fourth-order valence-electron chi connectivity index (χ4n) is 3.26. The van der Waals surface area contributed by atoms with Crippen LogP contribution in [0.3, 0.4) is 0 Å². The van der Waals surface area contributed by atoms with Crippen LogP contribution in [0.15, 0.2) is 35.2 Å². The highest BCUT2D eigenvalue weighted by Crippen LogP contribution is 2.24. The number of imidazole rings is 1. The van der Waals surface area contributed by atoms with Crippen LogP contribution in [0, 0.1) is 5.92 Å². The number of aromatic nitrogens is 2. The van der Waals surface area contributed by atoms with Crippen molar-refractivity contribution in [2.45, 2.75) is 44.2 Å². The highest BCUT2D eigenvalue weighted by atomic mass is 32.2. The number of esters is 1. The second-order valence-corrected chi connectivity index (χ2v) is 8.95. The number of fused-ring (bicyclic) bond motifs is 1. The monoisotopic (exact) mass is 391 g/mol. The van der Waals surface area contributed by atoms with E-state index in [0.29, 0.717) is 17.9 Å². The third-order valence-corrected chi connectivity index (χ3v) is 6.65. The minimum Gasteiger partial charge on any atom is -0.457 e. The molecule has 0 amide bonds. The standard InChI is InChI=1S/C19H25N3O4S/c1-4-22-17-11-10-15(27(24,25)21(2)3)12-16(17)20-18(22)13-26-19(23)14-8-6-5-7-9-14/h5-6,10-12,14H,4,7-9,13H2,1-3H3. The lowest BCUT2D eigenvalue weighted by Gasteiger charge is -2.16. The van der Waals surface area contributed by atoms with E-state index >= 15 is 0 Å². The zero-order valence-corrected chi connectivity index (χ0v) is 16.7. The summed E-state index contributed by atoms with van der Waals surface area (Å²) in [5, 5.41) is 0. The summed E-state index contributed by atoms with van der Waals surface area (Å²) in [6.07, 6.45) is 6.53. The molecule has 0 N–H and O–H groups in total. The summed E-state index contributed by atoms with van der Waals surface area (Å²) in [5.74, 6) is 0.322. The molecule has 146 valence electrons. The minimum atomic E-state index is -3.53. The van der Waals surface area contributed by atoms with Crippen LogP contribution in [0.5, 0.6) is 0 Å². The van der Waals surface area contributed by atoms with Crippen molar-refractivity contribution in [1.82, 2.24) is 13.9 Å². The molecule has 0 fully saturated rings. The van der Waals surface area contributed by atoms with Crippen LogP contribution in [0.4, 0.5) is 0 Å². The number of benzene rings is 1. The van der Waals surface area contributed by atoms with Crippen molar-refractivity contribution in [1.29, 1.82) is 0 Å². The summed E-state index contributed by atoms with van der Waals surface area (Å²) >= 11 is 0. The Bertz CT molecular complexity index is 976. The van der Waals surface area contributed by atoms with E-state index < -0.39 is 10.0 Å². The number of hydrogen-bond donors (Lipinski definition) is 0. The molecule has 0 aliphatic heterocycles. The van der Waals surface area contributed by atoms with Gasteiger partial charge in [-0.1, -0.05) is 12.2 Å². The Balaban J connectivity index is 1.85. The second-order valence-electron chi connectivity index (χ2n) is 6.80. The van der Waals surface area contributed by atoms with Gasteiger partial charge in [-0.2, -0.15) is 0 Å². The molecule has 2 aromatic rings. The molecule has 1 aliphatic rings. The van der Waals surface area contributed by atoms with E-state index in [4.69, 9.17) is 4.74 Å². The first kappa shape index (κ1) is 19.6. The van der Waals surface area contributed by atoms with Gasteiger partial charge in [-0.15, -0.1) is 0 Å². The summed E-state index contributed by atoms with van der Waals surface area (Å²) < 4.78 is 33.3. The molecule has 1 unspecified atom stereocenters. The maximum atomic E-state index is 12.3. The van der Waals surface area contributed by atoms with Crippen molar-refractivity contribution in [2.75, 3.05) is 14.1 Å². The number of carbonyl (C=O) groups excluding carboxylic acids is 1. The molecule has 7 nitrogen and oxygen atoms in total. The third kappa shape index (κ3) is 3.91. The average Bonchev–Trinajstić information content (AvgIpc) is 3.03. The van der Waals surface area contributed by atoms with Crippen molar-refractivity contribution in [3.63, 3.8) is 0 Å². The lowest BCUT2D eigenvalue weighted by atomic mass is 9.95. The van der Waals surface area contributed by atoms with Gasteiger partial charge in [0.2, 0.25) is 10.0 Å². The highest BCUT2D eigenvalue weighted by molar-refractivity contribution is 7.89. The molecular weight excluding hydrogens is 366 g/mol. The van der Waals surface area contributed by atoms with Crippen molar-refractivity contribution < 1.29 is 17.9 Å². The molecule has 0 saturated carbocycles. The first-order valence-electron chi connectivity index (χ1n) is 9.08. The van der Waals surface area contributed by atoms with Crippen LogP contribution in [0.2, 0.25) is 0 Å². The molecule has 0 spiro atoms. The van der Waals surface area contributed by atoms with E-state index in [1.54, 1.807) is 18.2 Å². The largest absolute Gasteiger partial charge is 0.457 e. The maximum Gasteiger partial charge on any atom is 0.309 e. The number of sulfonamides is 1. The molecule has 3 rings (SSSR count). The van der Waals surface area contributed by atoms with Gasteiger partial charge in [0.15, 0.2) is 0 Å². The predicted octanol–water partition coefficient (Wildman–Crippen LogP) is 2.71. The average molecular weight is 391 g/mol. The zero-order chi connectivity index (χ0) is 19.6. The number of aryl methyl sites for hydroxylation is 1. The smallest absolute Gasteiger partial charge is 0.309 e. The number of hydrogen-bond acceptors (Lipinski definition) is 5. The minimum absolute atomic E-state index is 0.0807. The Kier molecular flexibility index (Phi) is 5.67. The summed E-state index contributed by atoms with van der Waals surface area (Å²) in [5.41, 5.74) is 1.40. The van der Waals surface area contributed by atoms with Gasteiger partial charge in [-0.3, -0.25) is 4.79 Å². The van der Waals surface area contributed by atoms with Gasteiger partial charge in [0.05, 0.1) is 21.8 Å². The molecule has 0 saturated heterocycles. The number of carbonyl (C=O) groups is 1. The molecule has 1 aromatic heterocycles. The van der Waals surface area contributed by atoms with Crippen molar-refractivity contribution in [3.8, 4) is 0 Å².